The molecule has 0 aliphatic carbocycles. The van der Waals surface area contributed by atoms with Crippen LogP contribution in [0.1, 0.15) is 152 Å². The molecule has 4 aromatic rings. The van der Waals surface area contributed by atoms with Crippen molar-refractivity contribution in [3.8, 4) is 0 Å². The van der Waals surface area contributed by atoms with Gasteiger partial charge in [-0.05, 0) is 161 Å². The van der Waals surface area contributed by atoms with Crippen LogP contribution in [0.4, 0.5) is 0 Å². The van der Waals surface area contributed by atoms with Crippen molar-refractivity contribution < 1.29 is 0 Å². The second-order valence-corrected chi connectivity index (χ2v) is 13.5. The second-order valence-electron chi connectivity index (χ2n) is 12.6. The number of aryl methyl sites for hydroxylation is 4. The van der Waals surface area contributed by atoms with Crippen molar-refractivity contribution in [3.63, 3.8) is 0 Å². The maximum absolute atomic E-state index is 2.73. The molecule has 4 rings (SSSR count). The lowest BCUT2D eigenvalue weighted by molar-refractivity contribution is 0.724. The van der Waals surface area contributed by atoms with E-state index in [0.717, 1.165) is 0 Å². The molecule has 0 aliphatic heterocycles. The molecule has 0 spiro atoms. The van der Waals surface area contributed by atoms with Gasteiger partial charge in [-0.3, -0.25) is 0 Å². The molecule has 1 aromatic heterocycles. The van der Waals surface area contributed by atoms with Gasteiger partial charge in [0, 0.05) is 4.70 Å². The van der Waals surface area contributed by atoms with Gasteiger partial charge >= 0.3 is 0 Å². The first-order chi connectivity index (χ1) is 20.1. The maximum Gasteiger partial charge on any atom is 0.0383 e. The fourth-order valence-electron chi connectivity index (χ4n) is 7.15. The summed E-state index contributed by atoms with van der Waals surface area (Å²) in [5.74, 6) is 0. The monoisotopic (exact) mass is 570 g/mol. The number of benzene rings is 3. The van der Waals surface area contributed by atoms with Crippen LogP contribution < -0.4 is 0 Å². The van der Waals surface area contributed by atoms with Gasteiger partial charge in [0.2, 0.25) is 0 Å². The largest absolute Gasteiger partial charge is 0.143 e. The molecule has 3 aromatic carbocycles. The first-order valence-corrected chi connectivity index (χ1v) is 18.5. The van der Waals surface area contributed by atoms with Gasteiger partial charge in [-0.2, -0.15) is 0 Å². The summed E-state index contributed by atoms with van der Waals surface area (Å²) in [6.07, 6.45) is 22.7. The predicted molar refractivity (Wildman–Crippen MR) is 189 cm³/mol. The third-order valence-electron chi connectivity index (χ3n) is 9.50. The normalized spacial score (nSPS) is 12.0. The topological polar surface area (TPSA) is 0 Å². The van der Waals surface area contributed by atoms with Crippen molar-refractivity contribution in [3.05, 3.63) is 57.0 Å². The van der Waals surface area contributed by atoms with E-state index < -0.39 is 0 Å². The van der Waals surface area contributed by atoms with Crippen LogP contribution in [-0.2, 0) is 38.5 Å². The van der Waals surface area contributed by atoms with Gasteiger partial charge in [0.25, 0.3) is 0 Å². The molecule has 0 bridgehead atoms. The van der Waals surface area contributed by atoms with E-state index in [2.05, 4.69) is 65.1 Å². The molecule has 0 aliphatic rings. The Balaban J connectivity index is 2.18. The highest BCUT2D eigenvalue weighted by Crippen LogP contribution is 2.43. The Bertz CT molecular complexity index is 1300. The van der Waals surface area contributed by atoms with Gasteiger partial charge < -0.3 is 0 Å². The molecule has 0 radical (unpaired) electrons. The Morgan fingerprint density at radius 3 is 1.17 bits per heavy atom. The van der Waals surface area contributed by atoms with E-state index in [9.17, 15) is 0 Å². The van der Waals surface area contributed by atoms with Gasteiger partial charge in [0.1, 0.15) is 0 Å². The van der Waals surface area contributed by atoms with Crippen molar-refractivity contribution in [1.82, 2.24) is 0 Å². The molecule has 0 fully saturated rings. The minimum atomic E-state index is 1.20. The van der Waals surface area contributed by atoms with Crippen molar-refractivity contribution >= 4 is 43.0 Å². The highest BCUT2D eigenvalue weighted by Gasteiger charge is 2.22. The molecule has 41 heavy (non-hydrogen) atoms. The lowest BCUT2D eigenvalue weighted by atomic mass is 9.80. The smallest absolute Gasteiger partial charge is 0.0383 e. The lowest BCUT2D eigenvalue weighted by Crippen LogP contribution is -2.09. The Hall–Kier alpha value is -1.86. The van der Waals surface area contributed by atoms with Crippen LogP contribution in [0.2, 0.25) is 0 Å². The van der Waals surface area contributed by atoms with Crippen molar-refractivity contribution in [2.75, 3.05) is 0 Å². The van der Waals surface area contributed by atoms with Crippen LogP contribution in [0, 0.1) is 0 Å². The zero-order valence-electron chi connectivity index (χ0n) is 27.4. The molecule has 0 nitrogen and oxygen atoms in total. The summed E-state index contributed by atoms with van der Waals surface area (Å²) in [4.78, 5) is 0. The molecule has 224 valence electrons. The minimum Gasteiger partial charge on any atom is -0.143 e. The second kappa shape index (κ2) is 16.1. The Kier molecular flexibility index (Phi) is 12.6. The molecule has 0 unspecified atom stereocenters. The molecule has 1 heteroatoms. The number of hydrogen-bond acceptors (Lipinski definition) is 1. The fraction of sp³-hybridized carbons (Fsp3) is 0.600. The molecular formula is C40H58S. The summed E-state index contributed by atoms with van der Waals surface area (Å²) < 4.78 is 1.57. The third kappa shape index (κ3) is 7.04. The minimum absolute atomic E-state index is 1.20. The lowest BCUT2D eigenvalue weighted by Gasteiger charge is -2.25. The van der Waals surface area contributed by atoms with Gasteiger partial charge in [0.15, 0.2) is 0 Å². The van der Waals surface area contributed by atoms with Crippen LogP contribution in [0.5, 0.6) is 0 Å². The number of thiophene rings is 1. The highest BCUT2D eigenvalue weighted by molar-refractivity contribution is 7.17. The average Bonchev–Trinajstić information content (AvgIpc) is 3.48. The fourth-order valence-corrected chi connectivity index (χ4v) is 8.16. The SMILES string of the molecule is CCCCc1c(CCCC)c(CCCC)c2cc3c(CCCC)c4sccc4c(CCCC)c3cc2c1CCCC. The van der Waals surface area contributed by atoms with Gasteiger partial charge in [-0.15, -0.1) is 11.3 Å². The van der Waals surface area contributed by atoms with Crippen LogP contribution in [-0.4, -0.2) is 0 Å². The van der Waals surface area contributed by atoms with E-state index in [1.807, 2.05) is 11.3 Å². The number of unbranched alkanes of at least 4 members (excludes halogenated alkanes) is 6. The average molecular weight is 571 g/mol. The van der Waals surface area contributed by atoms with Crippen LogP contribution >= 0.6 is 11.3 Å². The van der Waals surface area contributed by atoms with E-state index in [-0.39, 0.29) is 0 Å². The third-order valence-corrected chi connectivity index (χ3v) is 10.5. The molecular weight excluding hydrogens is 513 g/mol. The zero-order chi connectivity index (χ0) is 29.2. The van der Waals surface area contributed by atoms with Crippen LogP contribution in [0.25, 0.3) is 31.6 Å². The van der Waals surface area contributed by atoms with Crippen molar-refractivity contribution in [1.29, 1.82) is 0 Å². The zero-order valence-corrected chi connectivity index (χ0v) is 28.3. The van der Waals surface area contributed by atoms with Gasteiger partial charge in [-0.1, -0.05) is 80.1 Å². The summed E-state index contributed by atoms with van der Waals surface area (Å²) in [5, 5.41) is 10.3. The van der Waals surface area contributed by atoms with Gasteiger partial charge in [0.05, 0.1) is 0 Å². The Morgan fingerprint density at radius 2 is 0.732 bits per heavy atom. The van der Waals surface area contributed by atoms with Crippen LogP contribution in [0.3, 0.4) is 0 Å². The van der Waals surface area contributed by atoms with E-state index in [0.29, 0.717) is 0 Å². The Morgan fingerprint density at radius 1 is 0.390 bits per heavy atom. The number of rotatable bonds is 18. The Labute approximate surface area is 256 Å². The van der Waals surface area contributed by atoms with Gasteiger partial charge in [-0.25, -0.2) is 0 Å². The molecule has 0 N–H and O–H groups in total. The highest BCUT2D eigenvalue weighted by atomic mass is 32.1. The van der Waals surface area contributed by atoms with Crippen LogP contribution in [0.15, 0.2) is 23.6 Å². The quantitative estimate of drug-likeness (QED) is 0.104. The summed E-state index contributed by atoms with van der Waals surface area (Å²) in [7, 11) is 0. The molecule has 1 heterocycles. The van der Waals surface area contributed by atoms with Crippen molar-refractivity contribution in [2.24, 2.45) is 0 Å². The van der Waals surface area contributed by atoms with E-state index in [1.165, 1.54) is 116 Å². The number of hydrogen-bond donors (Lipinski definition) is 0. The molecule has 0 saturated carbocycles. The van der Waals surface area contributed by atoms with E-state index in [1.54, 1.807) is 65.0 Å². The standard InChI is InChI=1S/C40H58S/c1-7-13-19-29-30(20-14-8-2)32(22-16-10-4)37-28-39-34(24-18-12-6)40-35(25-26-41-40)33(23-17-11-5)38(39)27-36(37)31(29)21-15-9-3/h25-28H,7-24H2,1-6H3. The summed E-state index contributed by atoms with van der Waals surface area (Å²) in [6, 6.07) is 7.89. The molecule has 0 saturated heterocycles. The summed E-state index contributed by atoms with van der Waals surface area (Å²) in [6.45, 7) is 14.2. The first kappa shape index (κ1) is 32.1. The predicted octanol–water partition coefficient (Wildman–Crippen LogP) is 13.3. The molecule has 0 atom stereocenters. The first-order valence-electron chi connectivity index (χ1n) is 17.6. The van der Waals surface area contributed by atoms with E-state index >= 15 is 0 Å². The number of fused-ring (bicyclic) bond motifs is 3. The maximum atomic E-state index is 2.73. The summed E-state index contributed by atoms with van der Waals surface area (Å²) >= 11 is 1.99. The van der Waals surface area contributed by atoms with E-state index in [4.69, 9.17) is 0 Å². The van der Waals surface area contributed by atoms with Crippen molar-refractivity contribution in [2.45, 2.75) is 157 Å². The molecule has 0 amide bonds. The summed E-state index contributed by atoms with van der Waals surface area (Å²) in [5.41, 5.74) is 10.2.